The first-order valence-electron chi connectivity index (χ1n) is 6.36. The van der Waals surface area contributed by atoms with Gasteiger partial charge < -0.3 is 0 Å². The summed E-state index contributed by atoms with van der Waals surface area (Å²) in [4.78, 5) is 4.73. The molecule has 1 aromatic heterocycles. The summed E-state index contributed by atoms with van der Waals surface area (Å²) in [7, 11) is 0. The van der Waals surface area contributed by atoms with Gasteiger partial charge in [-0.25, -0.2) is 4.98 Å². The molecule has 0 aliphatic carbocycles. The van der Waals surface area contributed by atoms with Crippen LogP contribution < -0.4 is 0 Å². The SMILES string of the molecule is Clc1cc2nc(-c3ccccc3)sc2c2ccccc12. The van der Waals surface area contributed by atoms with Gasteiger partial charge >= 0.3 is 0 Å². The molecule has 3 aromatic carbocycles. The molecule has 0 radical (unpaired) electrons. The molecule has 0 aliphatic heterocycles. The summed E-state index contributed by atoms with van der Waals surface area (Å²) in [5.74, 6) is 0. The number of halogens is 1. The van der Waals surface area contributed by atoms with Crippen molar-refractivity contribution in [2.75, 3.05) is 0 Å². The van der Waals surface area contributed by atoms with Crippen LogP contribution in [-0.2, 0) is 0 Å². The summed E-state index contributed by atoms with van der Waals surface area (Å²) >= 11 is 8.07. The zero-order chi connectivity index (χ0) is 13.5. The van der Waals surface area contributed by atoms with E-state index in [9.17, 15) is 0 Å². The van der Waals surface area contributed by atoms with Crippen LogP contribution in [0.3, 0.4) is 0 Å². The minimum atomic E-state index is 0.762. The number of hydrogen-bond acceptors (Lipinski definition) is 2. The number of benzene rings is 3. The summed E-state index contributed by atoms with van der Waals surface area (Å²) < 4.78 is 1.20. The van der Waals surface area contributed by atoms with Gasteiger partial charge in [-0.3, -0.25) is 0 Å². The van der Waals surface area contributed by atoms with E-state index in [4.69, 9.17) is 16.6 Å². The molecule has 20 heavy (non-hydrogen) atoms. The fraction of sp³-hybridized carbons (Fsp3) is 0. The van der Waals surface area contributed by atoms with Crippen LogP contribution in [0.4, 0.5) is 0 Å². The Morgan fingerprint density at radius 1 is 0.850 bits per heavy atom. The minimum absolute atomic E-state index is 0.762. The van der Waals surface area contributed by atoms with Crippen LogP contribution in [0, 0.1) is 0 Å². The van der Waals surface area contributed by atoms with Crippen LogP contribution in [0.2, 0.25) is 5.02 Å². The molecule has 0 atom stereocenters. The standard InChI is InChI=1S/C17H10ClNS/c18-14-10-15-16(13-9-5-4-8-12(13)14)20-17(19-15)11-6-2-1-3-7-11/h1-10H. The number of nitrogens with zero attached hydrogens (tertiary/aromatic N) is 1. The van der Waals surface area contributed by atoms with Crippen molar-refractivity contribution >= 4 is 43.9 Å². The van der Waals surface area contributed by atoms with E-state index >= 15 is 0 Å². The van der Waals surface area contributed by atoms with E-state index in [1.54, 1.807) is 11.3 Å². The molecule has 0 aliphatic rings. The predicted molar refractivity (Wildman–Crippen MR) is 87.6 cm³/mol. The Kier molecular flexibility index (Phi) is 2.72. The lowest BCUT2D eigenvalue weighted by Crippen LogP contribution is -1.76. The van der Waals surface area contributed by atoms with Crippen molar-refractivity contribution in [3.05, 3.63) is 65.7 Å². The maximum absolute atomic E-state index is 6.36. The molecule has 0 bridgehead atoms. The van der Waals surface area contributed by atoms with Crippen molar-refractivity contribution in [2.24, 2.45) is 0 Å². The summed E-state index contributed by atoms with van der Waals surface area (Å²) in [5, 5.41) is 4.06. The Morgan fingerprint density at radius 2 is 1.55 bits per heavy atom. The molecule has 3 heteroatoms. The van der Waals surface area contributed by atoms with E-state index in [-0.39, 0.29) is 0 Å². The Hall–Kier alpha value is -1.90. The largest absolute Gasteiger partial charge is 0.236 e. The summed E-state index contributed by atoms with van der Waals surface area (Å²) in [6.45, 7) is 0. The third-order valence-electron chi connectivity index (χ3n) is 3.37. The van der Waals surface area contributed by atoms with Crippen LogP contribution in [0.15, 0.2) is 60.7 Å². The van der Waals surface area contributed by atoms with Crippen LogP contribution in [0.5, 0.6) is 0 Å². The monoisotopic (exact) mass is 295 g/mol. The average molecular weight is 296 g/mol. The molecule has 0 saturated heterocycles. The predicted octanol–water partition coefficient (Wildman–Crippen LogP) is 5.77. The van der Waals surface area contributed by atoms with Gasteiger partial charge in [0.05, 0.1) is 15.2 Å². The molecule has 4 rings (SSSR count). The molecule has 1 heterocycles. The highest BCUT2D eigenvalue weighted by Crippen LogP contribution is 2.37. The molecular formula is C17H10ClNS. The van der Waals surface area contributed by atoms with Crippen molar-refractivity contribution in [1.82, 2.24) is 4.98 Å². The fourth-order valence-electron chi connectivity index (χ4n) is 2.41. The summed E-state index contributed by atoms with van der Waals surface area (Å²) in [6.07, 6.45) is 0. The second-order valence-corrected chi connectivity index (χ2v) is 6.04. The molecule has 4 aromatic rings. The topological polar surface area (TPSA) is 12.9 Å². The highest BCUT2D eigenvalue weighted by atomic mass is 35.5. The van der Waals surface area contributed by atoms with Gasteiger partial charge in [0.1, 0.15) is 5.01 Å². The summed E-state index contributed by atoms with van der Waals surface area (Å²) in [5.41, 5.74) is 2.12. The van der Waals surface area contributed by atoms with Crippen molar-refractivity contribution in [1.29, 1.82) is 0 Å². The van der Waals surface area contributed by atoms with Gasteiger partial charge in [0.2, 0.25) is 0 Å². The summed E-state index contributed by atoms with van der Waals surface area (Å²) in [6, 6.07) is 20.4. The highest BCUT2D eigenvalue weighted by Gasteiger charge is 2.11. The number of fused-ring (bicyclic) bond motifs is 3. The number of rotatable bonds is 1. The normalized spacial score (nSPS) is 11.2. The molecule has 0 spiro atoms. The van der Waals surface area contributed by atoms with E-state index in [1.807, 2.05) is 36.4 Å². The van der Waals surface area contributed by atoms with E-state index < -0.39 is 0 Å². The molecule has 0 amide bonds. The third kappa shape index (κ3) is 1.80. The Labute approximate surface area is 125 Å². The number of hydrogen-bond donors (Lipinski definition) is 0. The Balaban J connectivity index is 2.07. The van der Waals surface area contributed by atoms with Crippen molar-refractivity contribution in [2.45, 2.75) is 0 Å². The second-order valence-electron chi connectivity index (χ2n) is 4.64. The van der Waals surface area contributed by atoms with Gasteiger partial charge in [0.15, 0.2) is 0 Å². The molecular weight excluding hydrogens is 286 g/mol. The average Bonchev–Trinajstić information content (AvgIpc) is 2.93. The van der Waals surface area contributed by atoms with Crippen LogP contribution in [0.1, 0.15) is 0 Å². The van der Waals surface area contributed by atoms with Gasteiger partial charge in [0, 0.05) is 16.3 Å². The molecule has 0 fully saturated rings. The van der Waals surface area contributed by atoms with Gasteiger partial charge in [-0.2, -0.15) is 0 Å². The zero-order valence-corrected chi connectivity index (χ0v) is 12.1. The van der Waals surface area contributed by atoms with Crippen LogP contribution in [-0.4, -0.2) is 4.98 Å². The van der Waals surface area contributed by atoms with E-state index in [0.717, 1.165) is 26.5 Å². The number of aromatic nitrogens is 1. The highest BCUT2D eigenvalue weighted by molar-refractivity contribution is 7.22. The van der Waals surface area contributed by atoms with Crippen LogP contribution >= 0.6 is 22.9 Å². The van der Waals surface area contributed by atoms with Gasteiger partial charge in [-0.15, -0.1) is 11.3 Å². The van der Waals surface area contributed by atoms with Crippen molar-refractivity contribution < 1.29 is 0 Å². The van der Waals surface area contributed by atoms with Gasteiger partial charge in [0.25, 0.3) is 0 Å². The lowest BCUT2D eigenvalue weighted by molar-refractivity contribution is 1.48. The van der Waals surface area contributed by atoms with E-state index in [2.05, 4.69) is 24.3 Å². The fourth-order valence-corrected chi connectivity index (χ4v) is 3.77. The lowest BCUT2D eigenvalue weighted by Gasteiger charge is -2.00. The second kappa shape index (κ2) is 4.58. The smallest absolute Gasteiger partial charge is 0.124 e. The first kappa shape index (κ1) is 11.9. The lowest BCUT2D eigenvalue weighted by atomic mass is 10.1. The Bertz CT molecular complexity index is 912. The maximum Gasteiger partial charge on any atom is 0.124 e. The maximum atomic E-state index is 6.36. The quantitative estimate of drug-likeness (QED) is 0.434. The van der Waals surface area contributed by atoms with Crippen molar-refractivity contribution in [3.63, 3.8) is 0 Å². The van der Waals surface area contributed by atoms with E-state index in [0.29, 0.717) is 0 Å². The minimum Gasteiger partial charge on any atom is -0.236 e. The van der Waals surface area contributed by atoms with Crippen molar-refractivity contribution in [3.8, 4) is 10.6 Å². The Morgan fingerprint density at radius 3 is 2.35 bits per heavy atom. The third-order valence-corrected chi connectivity index (χ3v) is 4.83. The number of thiazole rings is 1. The first-order chi connectivity index (χ1) is 9.83. The van der Waals surface area contributed by atoms with Crippen LogP contribution in [0.25, 0.3) is 31.6 Å². The molecule has 0 unspecified atom stereocenters. The molecule has 1 nitrogen and oxygen atoms in total. The van der Waals surface area contributed by atoms with Gasteiger partial charge in [-0.1, -0.05) is 66.2 Å². The van der Waals surface area contributed by atoms with E-state index in [1.165, 1.54) is 10.1 Å². The first-order valence-corrected chi connectivity index (χ1v) is 7.55. The van der Waals surface area contributed by atoms with Gasteiger partial charge in [-0.05, 0) is 6.07 Å². The molecule has 0 saturated carbocycles. The zero-order valence-electron chi connectivity index (χ0n) is 10.5. The molecule has 0 N–H and O–H groups in total. The molecule has 96 valence electrons.